The highest BCUT2D eigenvalue weighted by Crippen LogP contribution is 2.19. The number of hydrogen-bond acceptors (Lipinski definition) is 2. The van der Waals surface area contributed by atoms with Gasteiger partial charge in [0.15, 0.2) is 0 Å². The Morgan fingerprint density at radius 1 is 1.09 bits per heavy atom. The van der Waals surface area contributed by atoms with Gasteiger partial charge in [-0.15, -0.1) is 0 Å². The van der Waals surface area contributed by atoms with Gasteiger partial charge in [-0.3, -0.25) is 4.79 Å². The van der Waals surface area contributed by atoms with Gasteiger partial charge in [-0.05, 0) is 17.9 Å². The van der Waals surface area contributed by atoms with Gasteiger partial charge in [0.05, 0.1) is 5.75 Å². The highest BCUT2D eigenvalue weighted by atomic mass is 32.2. The Labute approximate surface area is 140 Å². The molecule has 0 saturated heterocycles. The smallest absolute Gasteiger partial charge is 0.229 e. The number of amides is 1. The van der Waals surface area contributed by atoms with Crippen LogP contribution in [0, 0.1) is 0 Å². The number of carbonyl (C=O) groups excluding carboxylic acids is 1. The summed E-state index contributed by atoms with van der Waals surface area (Å²) in [5.74, 6) is 2.25. The molecule has 0 aliphatic heterocycles. The van der Waals surface area contributed by atoms with Crippen molar-refractivity contribution >= 4 is 17.7 Å². The third-order valence-electron chi connectivity index (χ3n) is 3.82. The second-order valence-corrected chi connectivity index (χ2v) is 6.97. The van der Waals surface area contributed by atoms with Crippen molar-refractivity contribution in [3.8, 4) is 0 Å². The summed E-state index contributed by atoms with van der Waals surface area (Å²) >= 11 is 1.73. The van der Waals surface area contributed by atoms with Gasteiger partial charge in [0.1, 0.15) is 0 Å². The fourth-order valence-corrected chi connectivity index (χ4v) is 3.34. The van der Waals surface area contributed by atoms with E-state index in [1.165, 1.54) is 37.7 Å². The maximum atomic E-state index is 11.8. The average Bonchev–Trinajstić information content (AvgIpc) is 2.54. The molecule has 0 aliphatic carbocycles. The minimum atomic E-state index is 0.179. The number of nitrogens with one attached hydrogen (secondary N) is 1. The van der Waals surface area contributed by atoms with Crippen LogP contribution in [-0.2, 0) is 4.79 Å². The topological polar surface area (TPSA) is 29.1 Å². The van der Waals surface area contributed by atoms with Crippen LogP contribution in [-0.4, -0.2) is 24.0 Å². The second kappa shape index (κ2) is 12.6. The van der Waals surface area contributed by atoms with Crippen molar-refractivity contribution in [1.82, 2.24) is 5.32 Å². The number of unbranched alkanes of at least 4 members (excludes halogenated alkanes) is 5. The fourth-order valence-electron chi connectivity index (χ4n) is 2.39. The molecule has 1 N–H and O–H groups in total. The van der Waals surface area contributed by atoms with Crippen molar-refractivity contribution in [3.05, 3.63) is 35.9 Å². The van der Waals surface area contributed by atoms with Crippen LogP contribution in [0.1, 0.15) is 63.9 Å². The third-order valence-corrected chi connectivity index (χ3v) is 5.02. The SMILES string of the molecule is CCCCCCCCNC(=O)CSCC(C)c1ccccc1. The molecule has 0 fully saturated rings. The van der Waals surface area contributed by atoms with E-state index in [9.17, 15) is 4.79 Å². The third kappa shape index (κ3) is 9.14. The zero-order chi connectivity index (χ0) is 16.0. The Morgan fingerprint density at radius 2 is 1.77 bits per heavy atom. The molecule has 1 atom stereocenters. The molecule has 124 valence electrons. The summed E-state index contributed by atoms with van der Waals surface area (Å²) in [7, 11) is 0. The number of hydrogen-bond donors (Lipinski definition) is 1. The molecule has 3 heteroatoms. The van der Waals surface area contributed by atoms with Crippen LogP contribution in [0.2, 0.25) is 0 Å². The molecule has 0 heterocycles. The summed E-state index contributed by atoms with van der Waals surface area (Å²) in [6.45, 7) is 5.28. The van der Waals surface area contributed by atoms with E-state index in [4.69, 9.17) is 0 Å². The van der Waals surface area contributed by atoms with Crippen LogP contribution in [0.4, 0.5) is 0 Å². The minimum absolute atomic E-state index is 0.179. The van der Waals surface area contributed by atoms with Gasteiger partial charge >= 0.3 is 0 Å². The molecule has 1 unspecified atom stereocenters. The van der Waals surface area contributed by atoms with E-state index in [-0.39, 0.29) is 5.91 Å². The van der Waals surface area contributed by atoms with Gasteiger partial charge in [0.25, 0.3) is 0 Å². The van der Waals surface area contributed by atoms with Crippen LogP contribution in [0.5, 0.6) is 0 Å². The van der Waals surface area contributed by atoms with Gasteiger partial charge in [-0.2, -0.15) is 11.8 Å². The number of carbonyl (C=O) groups is 1. The quantitative estimate of drug-likeness (QED) is 0.549. The molecule has 0 saturated carbocycles. The van der Waals surface area contributed by atoms with Crippen LogP contribution in [0.25, 0.3) is 0 Å². The van der Waals surface area contributed by atoms with Crippen molar-refractivity contribution < 1.29 is 4.79 Å². The Morgan fingerprint density at radius 3 is 2.50 bits per heavy atom. The molecular weight excluding hydrogens is 290 g/mol. The molecule has 0 aromatic heterocycles. The predicted molar refractivity (Wildman–Crippen MR) is 98.6 cm³/mol. The lowest BCUT2D eigenvalue weighted by molar-refractivity contribution is -0.118. The van der Waals surface area contributed by atoms with Crippen LogP contribution in [0.3, 0.4) is 0 Å². The monoisotopic (exact) mass is 321 g/mol. The van der Waals surface area contributed by atoms with E-state index in [1.54, 1.807) is 11.8 Å². The van der Waals surface area contributed by atoms with Crippen molar-refractivity contribution in [3.63, 3.8) is 0 Å². The highest BCUT2D eigenvalue weighted by molar-refractivity contribution is 7.99. The summed E-state index contributed by atoms with van der Waals surface area (Å²) in [6.07, 6.45) is 7.60. The maximum Gasteiger partial charge on any atom is 0.229 e. The van der Waals surface area contributed by atoms with Crippen LogP contribution < -0.4 is 5.32 Å². The lowest BCUT2D eigenvalue weighted by atomic mass is 10.0. The minimum Gasteiger partial charge on any atom is -0.355 e. The number of thioether (sulfide) groups is 1. The zero-order valence-corrected chi connectivity index (χ0v) is 15.0. The van der Waals surface area contributed by atoms with E-state index < -0.39 is 0 Å². The molecule has 1 aromatic rings. The van der Waals surface area contributed by atoms with Crippen LogP contribution in [0.15, 0.2) is 30.3 Å². The standard InChI is InChI=1S/C19H31NOS/c1-3-4-5-6-7-11-14-20-19(21)16-22-15-17(2)18-12-9-8-10-13-18/h8-10,12-13,17H,3-7,11,14-16H2,1-2H3,(H,20,21). The molecular formula is C19H31NOS. The van der Waals surface area contributed by atoms with E-state index in [0.29, 0.717) is 11.7 Å². The fraction of sp³-hybridized carbons (Fsp3) is 0.632. The normalized spacial score (nSPS) is 12.1. The molecule has 0 aliphatic rings. The van der Waals surface area contributed by atoms with E-state index in [0.717, 1.165) is 18.7 Å². The first-order valence-electron chi connectivity index (χ1n) is 8.63. The van der Waals surface area contributed by atoms with Gasteiger partial charge in [0.2, 0.25) is 5.91 Å². The molecule has 1 aromatic carbocycles. The molecule has 22 heavy (non-hydrogen) atoms. The summed E-state index contributed by atoms with van der Waals surface area (Å²) in [5.41, 5.74) is 1.35. The lowest BCUT2D eigenvalue weighted by Gasteiger charge is -2.11. The predicted octanol–water partition coefficient (Wildman–Crippen LogP) is 5.00. The number of benzene rings is 1. The van der Waals surface area contributed by atoms with Crippen molar-refractivity contribution in [1.29, 1.82) is 0 Å². The molecule has 0 bridgehead atoms. The van der Waals surface area contributed by atoms with E-state index in [2.05, 4.69) is 43.4 Å². The highest BCUT2D eigenvalue weighted by Gasteiger charge is 2.07. The summed E-state index contributed by atoms with van der Waals surface area (Å²) < 4.78 is 0. The van der Waals surface area contributed by atoms with Crippen molar-refractivity contribution in [2.45, 2.75) is 58.3 Å². The summed E-state index contributed by atoms with van der Waals surface area (Å²) in [5, 5.41) is 3.03. The lowest BCUT2D eigenvalue weighted by Crippen LogP contribution is -2.26. The van der Waals surface area contributed by atoms with Gasteiger partial charge in [0, 0.05) is 12.3 Å². The first-order valence-corrected chi connectivity index (χ1v) is 9.79. The zero-order valence-electron chi connectivity index (χ0n) is 14.1. The Kier molecular flexibility index (Phi) is 10.9. The van der Waals surface area contributed by atoms with Gasteiger partial charge < -0.3 is 5.32 Å². The molecule has 0 radical (unpaired) electrons. The largest absolute Gasteiger partial charge is 0.355 e. The van der Waals surface area contributed by atoms with Crippen molar-refractivity contribution in [2.24, 2.45) is 0 Å². The van der Waals surface area contributed by atoms with Gasteiger partial charge in [-0.25, -0.2) is 0 Å². The molecule has 2 nitrogen and oxygen atoms in total. The molecule has 1 amide bonds. The summed E-state index contributed by atoms with van der Waals surface area (Å²) in [6, 6.07) is 10.5. The first-order chi connectivity index (χ1) is 10.7. The van der Waals surface area contributed by atoms with E-state index >= 15 is 0 Å². The second-order valence-electron chi connectivity index (χ2n) is 5.94. The van der Waals surface area contributed by atoms with Crippen LogP contribution >= 0.6 is 11.8 Å². The Balaban J connectivity index is 1.99. The average molecular weight is 322 g/mol. The van der Waals surface area contributed by atoms with E-state index in [1.807, 2.05) is 6.07 Å². The number of rotatable bonds is 12. The first kappa shape index (κ1) is 19.1. The summed E-state index contributed by atoms with van der Waals surface area (Å²) in [4.78, 5) is 11.8. The maximum absolute atomic E-state index is 11.8. The molecule has 0 spiro atoms. The van der Waals surface area contributed by atoms with Gasteiger partial charge in [-0.1, -0.05) is 76.3 Å². The Bertz CT molecular complexity index is 394. The Hall–Kier alpha value is -0.960. The molecule has 1 rings (SSSR count). The van der Waals surface area contributed by atoms with Crippen molar-refractivity contribution in [2.75, 3.05) is 18.1 Å².